The van der Waals surface area contributed by atoms with Gasteiger partial charge in [0.05, 0.1) is 24.2 Å². The first-order valence-corrected chi connectivity index (χ1v) is 11.7. The number of thiocarbonyl (C=S) groups is 1. The first-order valence-electron chi connectivity index (χ1n) is 10.5. The smallest absolute Gasteiger partial charge is 0.266 e. The van der Waals surface area contributed by atoms with Crippen molar-refractivity contribution < 1.29 is 19.1 Å². The van der Waals surface area contributed by atoms with Crippen molar-refractivity contribution in [2.75, 3.05) is 19.0 Å². The third kappa shape index (κ3) is 5.84. The SMILES string of the molecule is COc1ccccc1NC(=O)COc1ccc(/C=C2/SC(=S)N(Cc3ccccc3)C2=O)cc1. The summed E-state index contributed by atoms with van der Waals surface area (Å²) in [6.45, 7) is 0.308. The zero-order valence-corrected chi connectivity index (χ0v) is 20.0. The summed E-state index contributed by atoms with van der Waals surface area (Å²) in [4.78, 5) is 27.2. The highest BCUT2D eigenvalue weighted by molar-refractivity contribution is 8.26. The molecule has 3 aromatic rings. The molecular weight excluding hydrogens is 468 g/mol. The lowest BCUT2D eigenvalue weighted by molar-refractivity contribution is -0.122. The Morgan fingerprint density at radius 2 is 1.74 bits per heavy atom. The van der Waals surface area contributed by atoms with Crippen molar-refractivity contribution in [3.05, 3.63) is 94.9 Å². The van der Waals surface area contributed by atoms with Crippen LogP contribution in [-0.2, 0) is 16.1 Å². The number of nitrogens with zero attached hydrogens (tertiary/aromatic N) is 1. The van der Waals surface area contributed by atoms with Crippen LogP contribution in [0, 0.1) is 0 Å². The molecule has 0 unspecified atom stereocenters. The first-order chi connectivity index (χ1) is 16.5. The highest BCUT2D eigenvalue weighted by atomic mass is 32.2. The van der Waals surface area contributed by atoms with Crippen LogP contribution in [0.1, 0.15) is 11.1 Å². The van der Waals surface area contributed by atoms with Crippen LogP contribution < -0.4 is 14.8 Å². The second-order valence-corrected chi connectivity index (χ2v) is 9.04. The Balaban J connectivity index is 1.34. The van der Waals surface area contributed by atoms with Crippen LogP contribution in [-0.4, -0.2) is 34.8 Å². The summed E-state index contributed by atoms with van der Waals surface area (Å²) in [7, 11) is 1.55. The van der Waals surface area contributed by atoms with Crippen molar-refractivity contribution in [1.82, 2.24) is 4.90 Å². The lowest BCUT2D eigenvalue weighted by Crippen LogP contribution is -2.27. The molecule has 8 heteroatoms. The van der Waals surface area contributed by atoms with Crippen LogP contribution in [0.25, 0.3) is 6.08 Å². The summed E-state index contributed by atoms with van der Waals surface area (Å²) < 4.78 is 11.4. The number of ether oxygens (including phenoxy) is 2. The van der Waals surface area contributed by atoms with Crippen molar-refractivity contribution in [2.45, 2.75) is 6.54 Å². The van der Waals surface area contributed by atoms with Gasteiger partial charge in [-0.15, -0.1) is 0 Å². The van der Waals surface area contributed by atoms with Gasteiger partial charge in [-0.2, -0.15) is 0 Å². The molecule has 4 rings (SSSR count). The van der Waals surface area contributed by atoms with Gasteiger partial charge >= 0.3 is 0 Å². The van der Waals surface area contributed by atoms with E-state index >= 15 is 0 Å². The molecule has 0 radical (unpaired) electrons. The maximum atomic E-state index is 12.8. The lowest BCUT2D eigenvalue weighted by Gasteiger charge is -2.14. The van der Waals surface area contributed by atoms with Gasteiger partial charge in [-0.1, -0.05) is 78.6 Å². The summed E-state index contributed by atoms with van der Waals surface area (Å²) in [5.41, 5.74) is 2.45. The molecule has 0 atom stereocenters. The van der Waals surface area contributed by atoms with E-state index in [1.54, 1.807) is 36.3 Å². The zero-order valence-electron chi connectivity index (χ0n) is 18.4. The number of amides is 2. The molecule has 1 saturated heterocycles. The Bertz CT molecular complexity index is 1230. The van der Waals surface area contributed by atoms with E-state index in [1.165, 1.54) is 11.8 Å². The number of benzene rings is 3. The summed E-state index contributed by atoms with van der Waals surface area (Å²) in [5.74, 6) is 0.723. The second kappa shape index (κ2) is 11.0. The highest BCUT2D eigenvalue weighted by Gasteiger charge is 2.31. The topological polar surface area (TPSA) is 67.9 Å². The van der Waals surface area contributed by atoms with E-state index in [0.29, 0.717) is 33.0 Å². The Kier molecular flexibility index (Phi) is 7.61. The quantitative estimate of drug-likeness (QED) is 0.349. The number of anilines is 1. The van der Waals surface area contributed by atoms with E-state index < -0.39 is 0 Å². The van der Waals surface area contributed by atoms with Crippen molar-refractivity contribution in [1.29, 1.82) is 0 Å². The van der Waals surface area contributed by atoms with Gasteiger partial charge in [0.2, 0.25) is 0 Å². The van der Waals surface area contributed by atoms with E-state index in [1.807, 2.05) is 60.7 Å². The predicted octanol–water partition coefficient (Wildman–Crippen LogP) is 5.11. The van der Waals surface area contributed by atoms with Gasteiger partial charge in [0.1, 0.15) is 15.8 Å². The third-order valence-electron chi connectivity index (χ3n) is 4.99. The molecule has 0 saturated carbocycles. The fourth-order valence-corrected chi connectivity index (χ4v) is 4.55. The average Bonchev–Trinajstić information content (AvgIpc) is 3.12. The maximum absolute atomic E-state index is 12.8. The van der Waals surface area contributed by atoms with Gasteiger partial charge in [-0.3, -0.25) is 14.5 Å². The van der Waals surface area contributed by atoms with Gasteiger partial charge in [0, 0.05) is 0 Å². The van der Waals surface area contributed by atoms with Crippen LogP contribution >= 0.6 is 24.0 Å². The fourth-order valence-electron chi connectivity index (χ4n) is 3.30. The number of para-hydroxylation sites is 2. The maximum Gasteiger partial charge on any atom is 0.266 e. The summed E-state index contributed by atoms with van der Waals surface area (Å²) in [6.07, 6.45) is 1.81. The number of rotatable bonds is 8. The molecule has 0 spiro atoms. The van der Waals surface area contributed by atoms with Crippen molar-refractivity contribution in [2.24, 2.45) is 0 Å². The predicted molar refractivity (Wildman–Crippen MR) is 139 cm³/mol. The molecule has 6 nitrogen and oxygen atoms in total. The fraction of sp³-hybridized carbons (Fsp3) is 0.115. The van der Waals surface area contributed by atoms with Crippen LogP contribution in [0.4, 0.5) is 5.69 Å². The summed E-state index contributed by atoms with van der Waals surface area (Å²) in [5, 5.41) is 2.77. The Morgan fingerprint density at radius 3 is 2.47 bits per heavy atom. The van der Waals surface area contributed by atoms with E-state index in [4.69, 9.17) is 21.7 Å². The molecule has 1 aliphatic rings. The molecule has 1 N–H and O–H groups in total. The normalized spacial score (nSPS) is 14.4. The van der Waals surface area contributed by atoms with E-state index in [0.717, 1.165) is 11.1 Å². The summed E-state index contributed by atoms with van der Waals surface area (Å²) >= 11 is 6.71. The molecular formula is C26H22N2O4S2. The molecule has 0 aromatic heterocycles. The molecule has 1 aliphatic heterocycles. The van der Waals surface area contributed by atoms with Crippen molar-refractivity contribution in [3.8, 4) is 11.5 Å². The zero-order chi connectivity index (χ0) is 23.9. The van der Waals surface area contributed by atoms with Crippen LogP contribution in [0.15, 0.2) is 83.8 Å². The number of nitrogens with one attached hydrogen (secondary N) is 1. The van der Waals surface area contributed by atoms with Gasteiger partial charge < -0.3 is 14.8 Å². The van der Waals surface area contributed by atoms with E-state index in [2.05, 4.69) is 5.32 Å². The first kappa shape index (κ1) is 23.5. The number of hydrogen-bond donors (Lipinski definition) is 1. The minimum atomic E-state index is -0.296. The molecule has 2 amide bonds. The third-order valence-corrected chi connectivity index (χ3v) is 6.36. The molecule has 1 fully saturated rings. The Labute approximate surface area is 207 Å². The number of carbonyl (C=O) groups excluding carboxylic acids is 2. The average molecular weight is 491 g/mol. The molecule has 1 heterocycles. The summed E-state index contributed by atoms with van der Waals surface area (Å²) in [6, 6.07) is 24.1. The van der Waals surface area contributed by atoms with Crippen molar-refractivity contribution in [3.63, 3.8) is 0 Å². The molecule has 0 aliphatic carbocycles. The van der Waals surface area contributed by atoms with Crippen LogP contribution in [0.3, 0.4) is 0 Å². The largest absolute Gasteiger partial charge is 0.495 e. The number of methoxy groups -OCH3 is 1. The molecule has 172 valence electrons. The second-order valence-electron chi connectivity index (χ2n) is 7.36. The molecule has 3 aromatic carbocycles. The molecule has 0 bridgehead atoms. The van der Waals surface area contributed by atoms with E-state index in [-0.39, 0.29) is 18.4 Å². The highest BCUT2D eigenvalue weighted by Crippen LogP contribution is 2.33. The minimum absolute atomic E-state index is 0.104. The van der Waals surface area contributed by atoms with Crippen LogP contribution in [0.5, 0.6) is 11.5 Å². The number of hydrogen-bond acceptors (Lipinski definition) is 6. The van der Waals surface area contributed by atoms with Gasteiger partial charge in [-0.25, -0.2) is 0 Å². The number of carbonyl (C=O) groups is 2. The van der Waals surface area contributed by atoms with Crippen molar-refractivity contribution >= 4 is 51.9 Å². The van der Waals surface area contributed by atoms with Gasteiger partial charge in [0.25, 0.3) is 11.8 Å². The van der Waals surface area contributed by atoms with Gasteiger partial charge in [-0.05, 0) is 41.5 Å². The lowest BCUT2D eigenvalue weighted by atomic mass is 10.2. The minimum Gasteiger partial charge on any atom is -0.495 e. The monoisotopic (exact) mass is 490 g/mol. The standard InChI is InChI=1S/C26H22N2O4S2/c1-31-22-10-6-5-9-21(22)27-24(29)17-32-20-13-11-18(12-14-20)15-23-25(30)28(26(33)34-23)16-19-7-3-2-4-8-19/h2-15H,16-17H2,1H3,(H,27,29)/b23-15+. The molecule has 34 heavy (non-hydrogen) atoms. The Morgan fingerprint density at radius 1 is 1.03 bits per heavy atom. The van der Waals surface area contributed by atoms with E-state index in [9.17, 15) is 9.59 Å². The van der Waals surface area contributed by atoms with Crippen LogP contribution in [0.2, 0.25) is 0 Å². The van der Waals surface area contributed by atoms with Gasteiger partial charge in [0.15, 0.2) is 6.61 Å². The number of thioether (sulfide) groups is 1. The Hall–Kier alpha value is -3.62.